The zero-order chi connectivity index (χ0) is 15.5. The molecule has 0 radical (unpaired) electrons. The molecule has 2 saturated heterocycles. The fraction of sp³-hybridized carbons (Fsp3) is 0.562. The Morgan fingerprint density at radius 3 is 2.18 bits per heavy atom. The molecule has 0 bridgehead atoms. The molecule has 0 unspecified atom stereocenters. The predicted octanol–water partition coefficient (Wildman–Crippen LogP) is 2.76. The molecule has 22 heavy (non-hydrogen) atoms. The maximum atomic E-state index is 13.3. The summed E-state index contributed by atoms with van der Waals surface area (Å²) in [7, 11) is 0. The second-order valence-corrected chi connectivity index (χ2v) is 7.05. The number of hydrogen-bond acceptors (Lipinski definition) is 3. The molecular formula is C16H20F2N2OS. The summed E-state index contributed by atoms with van der Waals surface area (Å²) in [6.45, 7) is 3.03. The van der Waals surface area contributed by atoms with E-state index in [9.17, 15) is 13.6 Å². The summed E-state index contributed by atoms with van der Waals surface area (Å²) in [5, 5.41) is 0. The van der Waals surface area contributed by atoms with Crippen molar-refractivity contribution in [2.45, 2.75) is 12.8 Å². The maximum absolute atomic E-state index is 13.3. The van der Waals surface area contributed by atoms with E-state index in [2.05, 4.69) is 0 Å². The van der Waals surface area contributed by atoms with Crippen LogP contribution in [0.1, 0.15) is 12.8 Å². The Labute approximate surface area is 133 Å². The fourth-order valence-corrected chi connectivity index (χ4v) is 4.05. The van der Waals surface area contributed by atoms with Crippen LogP contribution in [0.5, 0.6) is 0 Å². The van der Waals surface area contributed by atoms with Crippen molar-refractivity contribution in [2.24, 2.45) is 5.92 Å². The minimum atomic E-state index is -0.556. The summed E-state index contributed by atoms with van der Waals surface area (Å²) in [4.78, 5) is 16.4. The smallest absolute Gasteiger partial charge is 0.225 e. The van der Waals surface area contributed by atoms with Crippen LogP contribution in [0.4, 0.5) is 14.5 Å². The number of piperidine rings is 1. The van der Waals surface area contributed by atoms with Crippen LogP contribution in [0.15, 0.2) is 18.2 Å². The van der Waals surface area contributed by atoms with Gasteiger partial charge >= 0.3 is 0 Å². The first kappa shape index (κ1) is 15.6. The second kappa shape index (κ2) is 6.86. The third kappa shape index (κ3) is 3.54. The lowest BCUT2D eigenvalue weighted by Gasteiger charge is -2.36. The van der Waals surface area contributed by atoms with Gasteiger partial charge in [0.05, 0.1) is 0 Å². The SMILES string of the molecule is O=C(C1CCN(c2cc(F)cc(F)c2)CC1)N1CCSCC1. The number of rotatable bonds is 2. The number of carbonyl (C=O) groups is 1. The average molecular weight is 326 g/mol. The minimum absolute atomic E-state index is 0.0535. The highest BCUT2D eigenvalue weighted by Crippen LogP contribution is 2.26. The highest BCUT2D eigenvalue weighted by atomic mass is 32.2. The number of nitrogens with zero attached hydrogens (tertiary/aromatic N) is 2. The molecule has 3 rings (SSSR count). The quantitative estimate of drug-likeness (QED) is 0.835. The van der Waals surface area contributed by atoms with E-state index in [4.69, 9.17) is 0 Å². The Morgan fingerprint density at radius 2 is 1.59 bits per heavy atom. The lowest BCUT2D eigenvalue weighted by Crippen LogP contribution is -2.45. The van der Waals surface area contributed by atoms with Crippen molar-refractivity contribution < 1.29 is 13.6 Å². The summed E-state index contributed by atoms with van der Waals surface area (Å²) in [6.07, 6.45) is 1.50. The monoisotopic (exact) mass is 326 g/mol. The number of anilines is 1. The minimum Gasteiger partial charge on any atom is -0.371 e. The molecule has 1 amide bonds. The average Bonchev–Trinajstić information content (AvgIpc) is 2.54. The number of thioether (sulfide) groups is 1. The van der Waals surface area contributed by atoms with Gasteiger partial charge in [-0.3, -0.25) is 4.79 Å². The van der Waals surface area contributed by atoms with Gasteiger partial charge < -0.3 is 9.80 Å². The van der Waals surface area contributed by atoms with E-state index in [1.807, 2.05) is 21.6 Å². The van der Waals surface area contributed by atoms with E-state index in [-0.39, 0.29) is 11.8 Å². The largest absolute Gasteiger partial charge is 0.371 e. The summed E-state index contributed by atoms with van der Waals surface area (Å²) >= 11 is 1.89. The molecule has 6 heteroatoms. The zero-order valence-corrected chi connectivity index (χ0v) is 13.2. The molecule has 0 atom stereocenters. The van der Waals surface area contributed by atoms with E-state index < -0.39 is 11.6 Å². The molecule has 0 spiro atoms. The van der Waals surface area contributed by atoms with Gasteiger partial charge in [-0.2, -0.15) is 11.8 Å². The highest BCUT2D eigenvalue weighted by Gasteiger charge is 2.29. The number of amides is 1. The van der Waals surface area contributed by atoms with Crippen molar-refractivity contribution in [3.05, 3.63) is 29.8 Å². The van der Waals surface area contributed by atoms with Crippen LogP contribution in [-0.4, -0.2) is 48.5 Å². The lowest BCUT2D eigenvalue weighted by molar-refractivity contribution is -0.135. The maximum Gasteiger partial charge on any atom is 0.225 e. The van der Waals surface area contributed by atoms with Crippen LogP contribution in [0.25, 0.3) is 0 Å². The molecule has 2 aliphatic heterocycles. The fourth-order valence-electron chi connectivity index (χ4n) is 3.15. The van der Waals surface area contributed by atoms with E-state index in [0.29, 0.717) is 18.8 Å². The molecule has 2 heterocycles. The number of benzene rings is 1. The molecule has 2 fully saturated rings. The Bertz CT molecular complexity index is 521. The highest BCUT2D eigenvalue weighted by molar-refractivity contribution is 7.99. The first-order valence-corrected chi connectivity index (χ1v) is 8.86. The number of hydrogen-bond donors (Lipinski definition) is 0. The molecule has 2 aliphatic rings. The molecule has 0 aromatic heterocycles. The van der Waals surface area contributed by atoms with Gasteiger partial charge in [-0.25, -0.2) is 8.78 Å². The van der Waals surface area contributed by atoms with E-state index >= 15 is 0 Å². The van der Waals surface area contributed by atoms with Crippen molar-refractivity contribution in [3.63, 3.8) is 0 Å². The first-order valence-electron chi connectivity index (χ1n) is 7.71. The standard InChI is InChI=1S/C16H20F2N2OS/c17-13-9-14(18)11-15(10-13)19-3-1-12(2-4-19)16(21)20-5-7-22-8-6-20/h9-12H,1-8H2. The van der Waals surface area contributed by atoms with Gasteiger partial charge in [-0.15, -0.1) is 0 Å². The summed E-state index contributed by atoms with van der Waals surface area (Å²) < 4.78 is 26.6. The molecule has 3 nitrogen and oxygen atoms in total. The second-order valence-electron chi connectivity index (χ2n) is 5.83. The van der Waals surface area contributed by atoms with Crippen molar-refractivity contribution in [1.29, 1.82) is 0 Å². The van der Waals surface area contributed by atoms with Gasteiger partial charge in [0.15, 0.2) is 0 Å². The third-order valence-electron chi connectivity index (χ3n) is 4.38. The molecule has 1 aromatic carbocycles. The molecule has 0 N–H and O–H groups in total. The van der Waals surface area contributed by atoms with Crippen molar-refractivity contribution in [3.8, 4) is 0 Å². The molecule has 0 saturated carbocycles. The lowest BCUT2D eigenvalue weighted by atomic mass is 9.94. The Hall–Kier alpha value is -1.30. The zero-order valence-electron chi connectivity index (χ0n) is 12.4. The Balaban J connectivity index is 1.58. The van der Waals surface area contributed by atoms with Crippen molar-refractivity contribution >= 4 is 23.4 Å². The number of halogens is 2. The van der Waals surface area contributed by atoms with Gasteiger partial charge in [0.25, 0.3) is 0 Å². The van der Waals surface area contributed by atoms with Crippen molar-refractivity contribution in [1.82, 2.24) is 4.90 Å². The van der Waals surface area contributed by atoms with Crippen molar-refractivity contribution in [2.75, 3.05) is 42.6 Å². The van der Waals surface area contributed by atoms with Gasteiger partial charge in [0.2, 0.25) is 5.91 Å². The van der Waals surface area contributed by atoms with Crippen LogP contribution >= 0.6 is 11.8 Å². The van der Waals surface area contributed by atoms with Crippen LogP contribution in [-0.2, 0) is 4.79 Å². The topological polar surface area (TPSA) is 23.6 Å². The van der Waals surface area contributed by atoms with E-state index in [0.717, 1.165) is 43.5 Å². The van der Waals surface area contributed by atoms with Crippen LogP contribution in [0.2, 0.25) is 0 Å². The molecule has 0 aliphatic carbocycles. The molecule has 120 valence electrons. The van der Waals surface area contributed by atoms with Crippen LogP contribution < -0.4 is 4.90 Å². The van der Waals surface area contributed by atoms with Crippen LogP contribution in [0, 0.1) is 17.6 Å². The van der Waals surface area contributed by atoms with E-state index in [1.54, 1.807) is 0 Å². The molecule has 1 aromatic rings. The first-order chi connectivity index (χ1) is 10.6. The summed E-state index contributed by atoms with van der Waals surface area (Å²) in [5.74, 6) is 1.24. The van der Waals surface area contributed by atoms with Gasteiger partial charge in [0.1, 0.15) is 11.6 Å². The summed E-state index contributed by atoms with van der Waals surface area (Å²) in [6, 6.07) is 3.59. The normalized spacial score (nSPS) is 20.3. The van der Waals surface area contributed by atoms with Gasteiger partial charge in [-0.1, -0.05) is 0 Å². The van der Waals surface area contributed by atoms with E-state index in [1.165, 1.54) is 12.1 Å². The molecular weight excluding hydrogens is 306 g/mol. The van der Waals surface area contributed by atoms with Gasteiger partial charge in [0, 0.05) is 55.4 Å². The van der Waals surface area contributed by atoms with Gasteiger partial charge in [-0.05, 0) is 25.0 Å². The van der Waals surface area contributed by atoms with Crippen LogP contribution in [0.3, 0.4) is 0 Å². The number of carbonyl (C=O) groups excluding carboxylic acids is 1. The Kier molecular flexibility index (Phi) is 4.86. The predicted molar refractivity (Wildman–Crippen MR) is 85.2 cm³/mol. The Morgan fingerprint density at radius 1 is 1.00 bits per heavy atom. The third-order valence-corrected chi connectivity index (χ3v) is 5.32. The summed E-state index contributed by atoms with van der Waals surface area (Å²) in [5.41, 5.74) is 0.567.